The molecule has 0 unspecified atom stereocenters. The predicted octanol–water partition coefficient (Wildman–Crippen LogP) is 2.52. The van der Waals surface area contributed by atoms with Crippen molar-refractivity contribution in [3.05, 3.63) is 65.0 Å². The van der Waals surface area contributed by atoms with Crippen LogP contribution in [0.2, 0.25) is 0 Å². The summed E-state index contributed by atoms with van der Waals surface area (Å²) in [5.74, 6) is 0.159. The number of nitrogen functional groups attached to an aromatic ring is 1. The van der Waals surface area contributed by atoms with Gasteiger partial charge in [-0.25, -0.2) is 9.97 Å². The molecule has 130 valence electrons. The van der Waals surface area contributed by atoms with E-state index in [0.717, 1.165) is 28.9 Å². The minimum atomic E-state index is -0.0529. The third-order valence-corrected chi connectivity index (χ3v) is 4.59. The standard InChI is InChI=1S/C20H19N5O/c1-25-16-10-12-22-19(26)17(16)14(8-7-13-5-3-2-4-6-13)18(25)15-9-11-23-20(21)24-15/h2-9,11H,10,12H2,1H3,(H,22,26)(H2,21,23,24). The van der Waals surface area contributed by atoms with Crippen LogP contribution in [0.25, 0.3) is 23.5 Å². The van der Waals surface area contributed by atoms with Gasteiger partial charge in [-0.3, -0.25) is 4.79 Å². The fraction of sp³-hybridized carbons (Fsp3) is 0.150. The average molecular weight is 345 g/mol. The molecule has 3 N–H and O–H groups in total. The van der Waals surface area contributed by atoms with Gasteiger partial charge < -0.3 is 15.6 Å². The molecule has 4 rings (SSSR count). The van der Waals surface area contributed by atoms with Crippen molar-refractivity contribution in [3.8, 4) is 11.4 Å². The van der Waals surface area contributed by atoms with Crippen LogP contribution < -0.4 is 11.1 Å². The first-order chi connectivity index (χ1) is 12.6. The minimum Gasteiger partial charge on any atom is -0.368 e. The van der Waals surface area contributed by atoms with Crippen molar-refractivity contribution in [2.75, 3.05) is 12.3 Å². The lowest BCUT2D eigenvalue weighted by molar-refractivity contribution is 0.0945. The van der Waals surface area contributed by atoms with E-state index in [0.29, 0.717) is 17.8 Å². The Hall–Kier alpha value is -3.41. The van der Waals surface area contributed by atoms with Crippen molar-refractivity contribution < 1.29 is 4.79 Å². The molecule has 1 aliphatic rings. The van der Waals surface area contributed by atoms with Gasteiger partial charge in [0, 0.05) is 37.5 Å². The van der Waals surface area contributed by atoms with Crippen molar-refractivity contribution in [1.82, 2.24) is 19.9 Å². The Bertz CT molecular complexity index is 1000. The SMILES string of the molecule is Cn1c2c(c(C=Cc3ccccc3)c1-c1ccnc(N)n1)C(=O)NCC2. The van der Waals surface area contributed by atoms with Gasteiger partial charge in [-0.05, 0) is 11.6 Å². The molecule has 6 heteroatoms. The van der Waals surface area contributed by atoms with Crippen LogP contribution in [-0.2, 0) is 13.5 Å². The molecule has 1 aromatic carbocycles. The van der Waals surface area contributed by atoms with Gasteiger partial charge in [-0.2, -0.15) is 0 Å². The van der Waals surface area contributed by atoms with Gasteiger partial charge in [0.1, 0.15) is 0 Å². The van der Waals surface area contributed by atoms with Crippen LogP contribution >= 0.6 is 0 Å². The maximum Gasteiger partial charge on any atom is 0.253 e. The summed E-state index contributed by atoms with van der Waals surface area (Å²) in [6.45, 7) is 0.636. The number of hydrogen-bond acceptors (Lipinski definition) is 4. The molecule has 0 spiro atoms. The number of carbonyl (C=O) groups excluding carboxylic acids is 1. The number of aromatic nitrogens is 3. The van der Waals surface area contributed by atoms with Gasteiger partial charge in [0.05, 0.1) is 17.0 Å². The van der Waals surface area contributed by atoms with Crippen LogP contribution in [-0.4, -0.2) is 27.0 Å². The van der Waals surface area contributed by atoms with E-state index < -0.39 is 0 Å². The number of rotatable bonds is 3. The van der Waals surface area contributed by atoms with Crippen molar-refractivity contribution in [3.63, 3.8) is 0 Å². The highest BCUT2D eigenvalue weighted by atomic mass is 16.1. The summed E-state index contributed by atoms with van der Waals surface area (Å²) in [6.07, 6.45) is 6.40. The van der Waals surface area contributed by atoms with Crippen LogP contribution in [0.4, 0.5) is 5.95 Å². The van der Waals surface area contributed by atoms with Gasteiger partial charge in [0.25, 0.3) is 5.91 Å². The largest absolute Gasteiger partial charge is 0.368 e. The molecule has 26 heavy (non-hydrogen) atoms. The molecule has 0 bridgehead atoms. The van der Waals surface area contributed by atoms with E-state index in [-0.39, 0.29) is 11.9 Å². The van der Waals surface area contributed by atoms with Crippen LogP contribution in [0.5, 0.6) is 0 Å². The quantitative estimate of drug-likeness (QED) is 0.764. The summed E-state index contributed by atoms with van der Waals surface area (Å²) in [6, 6.07) is 11.8. The number of hydrogen-bond donors (Lipinski definition) is 2. The number of nitrogens with two attached hydrogens (primary N) is 1. The van der Waals surface area contributed by atoms with E-state index in [1.54, 1.807) is 6.20 Å². The monoisotopic (exact) mass is 345 g/mol. The van der Waals surface area contributed by atoms with Gasteiger partial charge >= 0.3 is 0 Å². The predicted molar refractivity (Wildman–Crippen MR) is 102 cm³/mol. The second-order valence-electron chi connectivity index (χ2n) is 6.19. The molecule has 0 saturated heterocycles. The van der Waals surface area contributed by atoms with Gasteiger partial charge in [0.2, 0.25) is 5.95 Å². The Morgan fingerprint density at radius 2 is 2.00 bits per heavy atom. The summed E-state index contributed by atoms with van der Waals surface area (Å²) in [7, 11) is 1.96. The van der Waals surface area contributed by atoms with E-state index in [1.807, 2.05) is 60.2 Å². The van der Waals surface area contributed by atoms with Crippen LogP contribution in [0, 0.1) is 0 Å². The van der Waals surface area contributed by atoms with Crippen molar-refractivity contribution in [2.24, 2.45) is 7.05 Å². The fourth-order valence-electron chi connectivity index (χ4n) is 3.41. The average Bonchev–Trinajstić information content (AvgIpc) is 2.94. The third-order valence-electron chi connectivity index (χ3n) is 4.59. The number of benzene rings is 1. The highest BCUT2D eigenvalue weighted by Crippen LogP contribution is 2.33. The third kappa shape index (κ3) is 2.75. The number of nitrogens with one attached hydrogen (secondary N) is 1. The maximum absolute atomic E-state index is 12.6. The van der Waals surface area contributed by atoms with Gasteiger partial charge in [-0.1, -0.05) is 42.5 Å². The van der Waals surface area contributed by atoms with E-state index in [1.165, 1.54) is 0 Å². The number of fused-ring (bicyclic) bond motifs is 1. The van der Waals surface area contributed by atoms with Crippen molar-refractivity contribution >= 4 is 24.0 Å². The number of nitrogens with zero attached hydrogens (tertiary/aromatic N) is 3. The van der Waals surface area contributed by atoms with Crippen LogP contribution in [0.3, 0.4) is 0 Å². The maximum atomic E-state index is 12.6. The molecule has 2 aromatic heterocycles. The Morgan fingerprint density at radius 3 is 2.77 bits per heavy atom. The highest BCUT2D eigenvalue weighted by molar-refractivity contribution is 6.03. The Kier molecular flexibility index (Phi) is 4.01. The summed E-state index contributed by atoms with van der Waals surface area (Å²) in [5, 5.41) is 2.94. The first-order valence-electron chi connectivity index (χ1n) is 8.47. The van der Waals surface area contributed by atoms with Crippen LogP contribution in [0.1, 0.15) is 27.2 Å². The Morgan fingerprint density at radius 1 is 1.19 bits per heavy atom. The molecule has 0 saturated carbocycles. The summed E-state index contributed by atoms with van der Waals surface area (Å²) in [4.78, 5) is 20.9. The summed E-state index contributed by atoms with van der Waals surface area (Å²) in [5.41, 5.74) is 11.0. The molecule has 0 fully saturated rings. The fourth-order valence-corrected chi connectivity index (χ4v) is 3.41. The zero-order valence-corrected chi connectivity index (χ0v) is 14.4. The number of anilines is 1. The molecule has 0 atom stereocenters. The topological polar surface area (TPSA) is 85.8 Å². The second-order valence-corrected chi connectivity index (χ2v) is 6.19. The molecular weight excluding hydrogens is 326 g/mol. The molecule has 1 amide bonds. The molecule has 1 aliphatic heterocycles. The van der Waals surface area contributed by atoms with Crippen LogP contribution in [0.15, 0.2) is 42.6 Å². The molecule has 0 radical (unpaired) electrons. The molecule has 3 aromatic rings. The molecular formula is C20H19N5O. The lowest BCUT2D eigenvalue weighted by Gasteiger charge is -2.14. The van der Waals surface area contributed by atoms with E-state index in [9.17, 15) is 4.79 Å². The summed E-state index contributed by atoms with van der Waals surface area (Å²) < 4.78 is 2.04. The van der Waals surface area contributed by atoms with E-state index in [4.69, 9.17) is 5.73 Å². The Labute approximate surface area is 151 Å². The van der Waals surface area contributed by atoms with E-state index in [2.05, 4.69) is 15.3 Å². The first kappa shape index (κ1) is 16.1. The van der Waals surface area contributed by atoms with Gasteiger partial charge in [0.15, 0.2) is 0 Å². The second kappa shape index (κ2) is 6.48. The molecule has 6 nitrogen and oxygen atoms in total. The smallest absolute Gasteiger partial charge is 0.253 e. The number of carbonyl (C=O) groups is 1. The zero-order chi connectivity index (χ0) is 18.1. The minimum absolute atomic E-state index is 0.0529. The molecule has 3 heterocycles. The Balaban J connectivity index is 1.93. The lowest BCUT2D eigenvalue weighted by atomic mass is 10.0. The first-order valence-corrected chi connectivity index (χ1v) is 8.47. The van der Waals surface area contributed by atoms with Crippen molar-refractivity contribution in [1.29, 1.82) is 0 Å². The zero-order valence-electron chi connectivity index (χ0n) is 14.4. The van der Waals surface area contributed by atoms with E-state index >= 15 is 0 Å². The summed E-state index contributed by atoms with van der Waals surface area (Å²) >= 11 is 0. The highest BCUT2D eigenvalue weighted by Gasteiger charge is 2.28. The lowest BCUT2D eigenvalue weighted by Crippen LogP contribution is -2.32. The van der Waals surface area contributed by atoms with Crippen molar-refractivity contribution in [2.45, 2.75) is 6.42 Å². The number of amides is 1. The van der Waals surface area contributed by atoms with Gasteiger partial charge in [-0.15, -0.1) is 0 Å². The molecule has 0 aliphatic carbocycles. The normalized spacial score (nSPS) is 13.7.